The molecule has 2 aromatic rings. The van der Waals surface area contributed by atoms with Crippen molar-refractivity contribution >= 4 is 11.5 Å². The molecule has 0 aliphatic heterocycles. The molecule has 0 spiro atoms. The van der Waals surface area contributed by atoms with Gasteiger partial charge in [-0.3, -0.25) is 0 Å². The van der Waals surface area contributed by atoms with Gasteiger partial charge in [0.15, 0.2) is 0 Å². The molecule has 0 amide bonds. The third-order valence-corrected chi connectivity index (χ3v) is 2.09. The van der Waals surface area contributed by atoms with Crippen LogP contribution in [-0.4, -0.2) is 17.0 Å². The molecule has 82 valence electrons. The van der Waals surface area contributed by atoms with Crippen LogP contribution >= 0.6 is 0 Å². The van der Waals surface area contributed by atoms with E-state index in [1.54, 1.807) is 6.20 Å². The smallest absolute Gasteiger partial charge is 0.144 e. The number of benzene rings is 1. The van der Waals surface area contributed by atoms with E-state index in [1.807, 2.05) is 43.4 Å². The highest BCUT2D eigenvalue weighted by atomic mass is 15.0. The molecule has 16 heavy (non-hydrogen) atoms. The normalized spacial score (nSPS) is 10.1. The second kappa shape index (κ2) is 5.23. The average molecular weight is 214 g/mol. The molecule has 2 rings (SSSR count). The molecule has 0 aliphatic carbocycles. The van der Waals surface area contributed by atoms with Crippen LogP contribution < -0.4 is 10.6 Å². The predicted octanol–water partition coefficient (Wildman–Crippen LogP) is 1.94. The van der Waals surface area contributed by atoms with Crippen LogP contribution in [0, 0.1) is 0 Å². The van der Waals surface area contributed by atoms with E-state index in [2.05, 4.69) is 20.6 Å². The number of para-hydroxylation sites is 1. The summed E-state index contributed by atoms with van der Waals surface area (Å²) < 4.78 is 0. The first-order chi connectivity index (χ1) is 7.88. The van der Waals surface area contributed by atoms with Gasteiger partial charge in [-0.05, 0) is 25.2 Å². The number of nitrogens with one attached hydrogen (secondary N) is 2. The van der Waals surface area contributed by atoms with Crippen LogP contribution in [0.4, 0.5) is 11.5 Å². The highest BCUT2D eigenvalue weighted by Crippen LogP contribution is 2.12. The average Bonchev–Trinajstić information content (AvgIpc) is 2.31. The molecule has 2 N–H and O–H groups in total. The van der Waals surface area contributed by atoms with Gasteiger partial charge in [-0.15, -0.1) is 0 Å². The van der Waals surface area contributed by atoms with Crippen molar-refractivity contribution in [2.24, 2.45) is 0 Å². The number of rotatable bonds is 4. The van der Waals surface area contributed by atoms with E-state index in [0.717, 1.165) is 17.3 Å². The largest absolute Gasteiger partial charge is 0.340 e. The lowest BCUT2D eigenvalue weighted by atomic mass is 10.3. The fourth-order valence-electron chi connectivity index (χ4n) is 1.38. The van der Waals surface area contributed by atoms with E-state index in [0.29, 0.717) is 6.54 Å². The zero-order chi connectivity index (χ0) is 11.2. The van der Waals surface area contributed by atoms with Crippen molar-refractivity contribution in [2.45, 2.75) is 6.54 Å². The lowest BCUT2D eigenvalue weighted by Gasteiger charge is -2.06. The minimum Gasteiger partial charge on any atom is -0.340 e. The molecule has 0 saturated carbocycles. The van der Waals surface area contributed by atoms with Crippen LogP contribution in [0.1, 0.15) is 5.82 Å². The molecule has 0 bridgehead atoms. The Kier molecular flexibility index (Phi) is 3.46. The first-order valence-corrected chi connectivity index (χ1v) is 5.17. The third-order valence-electron chi connectivity index (χ3n) is 2.09. The topological polar surface area (TPSA) is 49.8 Å². The second-order valence-electron chi connectivity index (χ2n) is 3.38. The summed E-state index contributed by atoms with van der Waals surface area (Å²) in [6, 6.07) is 11.8. The van der Waals surface area contributed by atoms with Gasteiger partial charge < -0.3 is 10.6 Å². The van der Waals surface area contributed by atoms with E-state index in [-0.39, 0.29) is 0 Å². The van der Waals surface area contributed by atoms with Gasteiger partial charge in [-0.1, -0.05) is 18.2 Å². The third kappa shape index (κ3) is 2.77. The summed E-state index contributed by atoms with van der Waals surface area (Å²) in [5, 5.41) is 6.25. The van der Waals surface area contributed by atoms with E-state index in [9.17, 15) is 0 Å². The summed E-state index contributed by atoms with van der Waals surface area (Å²) in [6.07, 6.45) is 1.75. The fraction of sp³-hybridized carbons (Fsp3) is 0.167. The van der Waals surface area contributed by atoms with Crippen molar-refractivity contribution in [3.63, 3.8) is 0 Å². The number of aromatic nitrogens is 2. The molecule has 0 unspecified atom stereocenters. The van der Waals surface area contributed by atoms with E-state index >= 15 is 0 Å². The van der Waals surface area contributed by atoms with Crippen LogP contribution in [0.2, 0.25) is 0 Å². The Labute approximate surface area is 94.8 Å². The summed E-state index contributed by atoms with van der Waals surface area (Å²) in [4.78, 5) is 8.53. The van der Waals surface area contributed by atoms with Gasteiger partial charge in [0.05, 0.1) is 6.54 Å². The summed E-state index contributed by atoms with van der Waals surface area (Å²) in [7, 11) is 1.88. The summed E-state index contributed by atoms with van der Waals surface area (Å²) in [5.74, 6) is 1.59. The van der Waals surface area contributed by atoms with Gasteiger partial charge >= 0.3 is 0 Å². The van der Waals surface area contributed by atoms with Crippen LogP contribution in [-0.2, 0) is 6.54 Å². The van der Waals surface area contributed by atoms with Crippen LogP contribution in [0.15, 0.2) is 42.6 Å². The van der Waals surface area contributed by atoms with Crippen molar-refractivity contribution in [3.05, 3.63) is 48.4 Å². The summed E-state index contributed by atoms with van der Waals surface area (Å²) in [5.41, 5.74) is 1.02. The van der Waals surface area contributed by atoms with Crippen LogP contribution in [0.3, 0.4) is 0 Å². The molecule has 1 heterocycles. The van der Waals surface area contributed by atoms with E-state index in [1.165, 1.54) is 0 Å². The minimum absolute atomic E-state index is 0.671. The summed E-state index contributed by atoms with van der Waals surface area (Å²) in [6.45, 7) is 0.671. The monoisotopic (exact) mass is 214 g/mol. The lowest BCUT2D eigenvalue weighted by molar-refractivity contribution is 0.759. The molecule has 0 saturated heterocycles. The lowest BCUT2D eigenvalue weighted by Crippen LogP contribution is -2.09. The van der Waals surface area contributed by atoms with Gasteiger partial charge in [-0.2, -0.15) is 0 Å². The predicted molar refractivity (Wildman–Crippen MR) is 64.5 cm³/mol. The Hall–Kier alpha value is -1.94. The van der Waals surface area contributed by atoms with Gasteiger partial charge in [-0.25, -0.2) is 9.97 Å². The first kappa shape index (κ1) is 10.6. The second-order valence-corrected chi connectivity index (χ2v) is 3.38. The molecule has 0 atom stereocenters. The maximum atomic E-state index is 4.37. The molecule has 4 nitrogen and oxygen atoms in total. The number of hydrogen-bond donors (Lipinski definition) is 2. The van der Waals surface area contributed by atoms with Crippen molar-refractivity contribution in [1.82, 2.24) is 15.3 Å². The van der Waals surface area contributed by atoms with E-state index < -0.39 is 0 Å². The quantitative estimate of drug-likeness (QED) is 0.816. The highest BCUT2D eigenvalue weighted by Gasteiger charge is 1.98. The fourth-order valence-corrected chi connectivity index (χ4v) is 1.38. The Morgan fingerprint density at radius 2 is 1.94 bits per heavy atom. The molecular weight excluding hydrogens is 200 g/mol. The Balaban J connectivity index is 2.12. The van der Waals surface area contributed by atoms with Crippen molar-refractivity contribution in [1.29, 1.82) is 0 Å². The number of hydrogen-bond acceptors (Lipinski definition) is 4. The van der Waals surface area contributed by atoms with Crippen LogP contribution in [0.25, 0.3) is 0 Å². The first-order valence-electron chi connectivity index (χ1n) is 5.17. The SMILES string of the molecule is CNCc1nccc(Nc2ccccc2)n1. The van der Waals surface area contributed by atoms with Gasteiger partial charge in [0, 0.05) is 11.9 Å². The molecule has 0 radical (unpaired) electrons. The van der Waals surface area contributed by atoms with Crippen LogP contribution in [0.5, 0.6) is 0 Å². The zero-order valence-electron chi connectivity index (χ0n) is 9.14. The Bertz CT molecular complexity index is 442. The summed E-state index contributed by atoms with van der Waals surface area (Å²) >= 11 is 0. The van der Waals surface area contributed by atoms with Crippen molar-refractivity contribution in [3.8, 4) is 0 Å². The number of nitrogens with zero attached hydrogens (tertiary/aromatic N) is 2. The number of anilines is 2. The van der Waals surface area contributed by atoms with E-state index in [4.69, 9.17) is 0 Å². The maximum Gasteiger partial charge on any atom is 0.144 e. The molecule has 1 aromatic heterocycles. The molecule has 0 fully saturated rings. The standard InChI is InChI=1S/C12H14N4/c1-13-9-12-14-8-7-11(16-12)15-10-5-3-2-4-6-10/h2-8,13H,9H2,1H3,(H,14,15,16). The minimum atomic E-state index is 0.671. The van der Waals surface area contributed by atoms with Crippen molar-refractivity contribution < 1.29 is 0 Å². The molecule has 4 heteroatoms. The van der Waals surface area contributed by atoms with Gasteiger partial charge in [0.25, 0.3) is 0 Å². The van der Waals surface area contributed by atoms with Crippen molar-refractivity contribution in [2.75, 3.05) is 12.4 Å². The maximum absolute atomic E-state index is 4.37. The highest BCUT2D eigenvalue weighted by molar-refractivity contribution is 5.55. The zero-order valence-corrected chi connectivity index (χ0v) is 9.14. The van der Waals surface area contributed by atoms with Gasteiger partial charge in [0.1, 0.15) is 11.6 Å². The molecule has 1 aromatic carbocycles. The van der Waals surface area contributed by atoms with Gasteiger partial charge in [0.2, 0.25) is 0 Å². The molecule has 0 aliphatic rings. The Morgan fingerprint density at radius 3 is 2.69 bits per heavy atom. The molecular formula is C12H14N4. The Morgan fingerprint density at radius 1 is 1.12 bits per heavy atom.